The number of likely N-dealkylation sites (tertiary alicyclic amines) is 2. The van der Waals surface area contributed by atoms with Crippen molar-refractivity contribution in [2.45, 2.75) is 58.8 Å². The fourth-order valence-electron chi connectivity index (χ4n) is 4.23. The van der Waals surface area contributed by atoms with Crippen LogP contribution in [0.25, 0.3) is 0 Å². The molecule has 0 bridgehead atoms. The molecule has 6 nitrogen and oxygen atoms in total. The maximum absolute atomic E-state index is 14.7. The lowest BCUT2D eigenvalue weighted by atomic mass is 9.92. The van der Waals surface area contributed by atoms with Crippen LogP contribution in [0.5, 0.6) is 0 Å². The van der Waals surface area contributed by atoms with Crippen molar-refractivity contribution in [1.29, 1.82) is 0 Å². The number of carbonyl (C=O) groups excluding carboxylic acids is 2. The lowest BCUT2D eigenvalue weighted by Crippen LogP contribution is -2.45. The molecule has 0 saturated carbocycles. The van der Waals surface area contributed by atoms with Gasteiger partial charge in [0.1, 0.15) is 12.2 Å². The van der Waals surface area contributed by atoms with Gasteiger partial charge in [-0.3, -0.25) is 14.6 Å². The summed E-state index contributed by atoms with van der Waals surface area (Å²) < 4.78 is 40.2. The van der Waals surface area contributed by atoms with E-state index in [9.17, 15) is 18.4 Å². The molecule has 1 aromatic carbocycles. The van der Waals surface area contributed by atoms with Crippen molar-refractivity contribution in [2.75, 3.05) is 26.2 Å². The van der Waals surface area contributed by atoms with Gasteiger partial charge < -0.3 is 9.47 Å². The Morgan fingerprint density at radius 2 is 1.74 bits per heavy atom. The van der Waals surface area contributed by atoms with Crippen molar-refractivity contribution in [3.05, 3.63) is 35.9 Å². The summed E-state index contributed by atoms with van der Waals surface area (Å²) in [7, 11) is 0. The number of benzene rings is 1. The van der Waals surface area contributed by atoms with Crippen molar-refractivity contribution >= 4 is 12.1 Å². The summed E-state index contributed by atoms with van der Waals surface area (Å²) in [6.07, 6.45) is -0.732. The molecule has 31 heavy (non-hydrogen) atoms. The van der Waals surface area contributed by atoms with Gasteiger partial charge in [-0.1, -0.05) is 30.3 Å². The zero-order chi connectivity index (χ0) is 23.0. The third kappa shape index (κ3) is 5.53. The summed E-state index contributed by atoms with van der Waals surface area (Å²) in [5.74, 6) is -4.35. The SMILES string of the molecule is CC(C)(C)OC(=O)C(C)(C)CN1C[C@@H]2[C@H](C1)N(C(=O)OCc1ccccc1)CC2(F)F. The van der Waals surface area contributed by atoms with Gasteiger partial charge >= 0.3 is 12.1 Å². The van der Waals surface area contributed by atoms with Gasteiger partial charge in [-0.2, -0.15) is 0 Å². The predicted molar refractivity (Wildman–Crippen MR) is 112 cm³/mol. The number of carbonyl (C=O) groups is 2. The van der Waals surface area contributed by atoms with Crippen LogP contribution in [0.15, 0.2) is 30.3 Å². The minimum atomic E-state index is -3.00. The number of ether oxygens (including phenoxy) is 2. The van der Waals surface area contributed by atoms with E-state index in [1.165, 1.54) is 0 Å². The summed E-state index contributed by atoms with van der Waals surface area (Å²) in [5.41, 5.74) is -0.687. The number of halogens is 2. The van der Waals surface area contributed by atoms with E-state index in [2.05, 4.69) is 0 Å². The summed E-state index contributed by atoms with van der Waals surface area (Å²) >= 11 is 0. The van der Waals surface area contributed by atoms with Crippen molar-refractivity contribution in [2.24, 2.45) is 11.3 Å². The first kappa shape index (κ1) is 23.4. The molecule has 2 aliphatic rings. The normalized spacial score (nSPS) is 23.5. The van der Waals surface area contributed by atoms with E-state index in [-0.39, 0.29) is 32.2 Å². The Bertz CT molecular complexity index is 808. The quantitative estimate of drug-likeness (QED) is 0.652. The number of esters is 1. The van der Waals surface area contributed by atoms with E-state index in [1.54, 1.807) is 34.6 Å². The van der Waals surface area contributed by atoms with E-state index in [0.29, 0.717) is 0 Å². The molecular formula is C23H32F2N2O4. The summed E-state index contributed by atoms with van der Waals surface area (Å²) in [5, 5.41) is 0. The Balaban J connectivity index is 1.63. The third-order valence-electron chi connectivity index (χ3n) is 5.70. The fraction of sp³-hybridized carbons (Fsp3) is 0.652. The second kappa shape index (κ2) is 8.37. The zero-order valence-corrected chi connectivity index (χ0v) is 18.9. The first-order valence-electron chi connectivity index (χ1n) is 10.6. The first-order chi connectivity index (χ1) is 14.3. The monoisotopic (exact) mass is 438 g/mol. The molecule has 1 amide bonds. The second-order valence-corrected chi connectivity index (χ2v) is 10.2. The molecule has 3 rings (SSSR count). The standard InChI is InChI=1S/C23H32F2N2O4/c1-21(2,3)31-19(28)22(4,5)14-26-11-17-18(12-26)27(15-23(17,24)25)20(29)30-13-16-9-7-6-8-10-16/h6-10,17-18H,11-15H2,1-5H3/t17-,18+/m1/s1. The average Bonchev–Trinajstić information content (AvgIpc) is 3.17. The van der Waals surface area contributed by atoms with Crippen LogP contribution in [0, 0.1) is 11.3 Å². The van der Waals surface area contributed by atoms with Crippen LogP contribution in [-0.4, -0.2) is 65.6 Å². The van der Waals surface area contributed by atoms with Crippen molar-refractivity contribution in [3.63, 3.8) is 0 Å². The number of nitrogens with zero attached hydrogens (tertiary/aromatic N) is 2. The average molecular weight is 439 g/mol. The zero-order valence-electron chi connectivity index (χ0n) is 18.9. The molecule has 2 saturated heterocycles. The maximum Gasteiger partial charge on any atom is 0.410 e. The Morgan fingerprint density at radius 1 is 1.10 bits per heavy atom. The Kier molecular flexibility index (Phi) is 6.33. The molecule has 0 spiro atoms. The van der Waals surface area contributed by atoms with Crippen LogP contribution in [0.4, 0.5) is 13.6 Å². The summed E-state index contributed by atoms with van der Waals surface area (Å²) in [6, 6.07) is 8.47. The number of rotatable bonds is 5. The summed E-state index contributed by atoms with van der Waals surface area (Å²) in [6.45, 7) is 8.94. The van der Waals surface area contributed by atoms with Gasteiger partial charge in [0.25, 0.3) is 5.92 Å². The third-order valence-corrected chi connectivity index (χ3v) is 5.70. The van der Waals surface area contributed by atoms with E-state index in [1.807, 2.05) is 35.2 Å². The van der Waals surface area contributed by atoms with E-state index in [4.69, 9.17) is 9.47 Å². The molecule has 172 valence electrons. The lowest BCUT2D eigenvalue weighted by Gasteiger charge is -2.32. The molecule has 2 fully saturated rings. The van der Waals surface area contributed by atoms with Crippen LogP contribution in [-0.2, 0) is 20.9 Å². The van der Waals surface area contributed by atoms with E-state index in [0.717, 1.165) is 10.5 Å². The fourth-order valence-corrected chi connectivity index (χ4v) is 4.23. The van der Waals surface area contributed by atoms with E-state index >= 15 is 0 Å². The van der Waals surface area contributed by atoms with Crippen LogP contribution >= 0.6 is 0 Å². The van der Waals surface area contributed by atoms with Gasteiger partial charge in [0.2, 0.25) is 0 Å². The molecule has 0 radical (unpaired) electrons. The molecule has 0 N–H and O–H groups in total. The van der Waals surface area contributed by atoms with E-state index < -0.39 is 41.5 Å². The molecule has 0 aliphatic carbocycles. The van der Waals surface area contributed by atoms with Crippen molar-refractivity contribution in [3.8, 4) is 0 Å². The molecule has 2 heterocycles. The summed E-state index contributed by atoms with van der Waals surface area (Å²) in [4.78, 5) is 28.1. The number of fused-ring (bicyclic) bond motifs is 1. The maximum atomic E-state index is 14.7. The molecule has 2 aliphatic heterocycles. The molecule has 8 heteroatoms. The van der Waals surface area contributed by atoms with Gasteiger partial charge in [-0.25, -0.2) is 13.6 Å². The Morgan fingerprint density at radius 3 is 2.35 bits per heavy atom. The van der Waals surface area contributed by atoms with Gasteiger partial charge in [-0.05, 0) is 40.2 Å². The second-order valence-electron chi connectivity index (χ2n) is 10.2. The minimum absolute atomic E-state index is 0.0362. The molecule has 2 atom stereocenters. The van der Waals surface area contributed by atoms with Gasteiger partial charge in [0.15, 0.2) is 0 Å². The highest BCUT2D eigenvalue weighted by atomic mass is 19.3. The molecule has 0 unspecified atom stereocenters. The topological polar surface area (TPSA) is 59.1 Å². The highest BCUT2D eigenvalue weighted by molar-refractivity contribution is 5.76. The van der Waals surface area contributed by atoms with Gasteiger partial charge in [0.05, 0.1) is 23.9 Å². The van der Waals surface area contributed by atoms with Crippen molar-refractivity contribution < 1.29 is 27.8 Å². The molecule has 0 aromatic heterocycles. The largest absolute Gasteiger partial charge is 0.460 e. The first-order valence-corrected chi connectivity index (χ1v) is 10.6. The van der Waals surface area contributed by atoms with Gasteiger partial charge in [0, 0.05) is 19.6 Å². The van der Waals surface area contributed by atoms with Crippen LogP contribution in [0.1, 0.15) is 40.2 Å². The Hall–Kier alpha value is -2.22. The predicted octanol–water partition coefficient (Wildman–Crippen LogP) is 3.94. The van der Waals surface area contributed by atoms with Gasteiger partial charge in [-0.15, -0.1) is 0 Å². The highest BCUT2D eigenvalue weighted by Gasteiger charge is 2.60. The number of hydrogen-bond acceptors (Lipinski definition) is 5. The number of amides is 1. The van der Waals surface area contributed by atoms with Crippen LogP contribution in [0.2, 0.25) is 0 Å². The number of alkyl halides is 2. The lowest BCUT2D eigenvalue weighted by molar-refractivity contribution is -0.166. The van der Waals surface area contributed by atoms with Crippen LogP contribution in [0.3, 0.4) is 0 Å². The number of hydrogen-bond donors (Lipinski definition) is 0. The highest BCUT2D eigenvalue weighted by Crippen LogP contribution is 2.43. The minimum Gasteiger partial charge on any atom is -0.460 e. The smallest absolute Gasteiger partial charge is 0.410 e. The van der Waals surface area contributed by atoms with Crippen LogP contribution < -0.4 is 0 Å². The molecule has 1 aromatic rings. The molecular weight excluding hydrogens is 406 g/mol. The Labute approximate surface area is 182 Å². The van der Waals surface area contributed by atoms with Crippen molar-refractivity contribution in [1.82, 2.24) is 9.80 Å².